The van der Waals surface area contributed by atoms with Crippen LogP contribution >= 0.6 is 22.7 Å². The Morgan fingerprint density at radius 1 is 1.22 bits per heavy atom. The van der Waals surface area contributed by atoms with E-state index in [9.17, 15) is 9.18 Å². The van der Waals surface area contributed by atoms with E-state index in [1.807, 2.05) is 0 Å². The van der Waals surface area contributed by atoms with E-state index in [-0.39, 0.29) is 18.3 Å². The average molecular weight is 407 g/mol. The van der Waals surface area contributed by atoms with Gasteiger partial charge in [-0.3, -0.25) is 10.1 Å². The van der Waals surface area contributed by atoms with Crippen molar-refractivity contribution in [2.24, 2.45) is 0 Å². The molecule has 0 saturated carbocycles. The Kier molecular flexibility index (Phi) is 6.46. The number of hydrogen-bond acceptors (Lipinski definition) is 7. The van der Waals surface area contributed by atoms with Gasteiger partial charge >= 0.3 is 0 Å². The zero-order chi connectivity index (χ0) is 19.2. The van der Waals surface area contributed by atoms with Gasteiger partial charge < -0.3 is 4.74 Å². The topological polar surface area (TPSA) is 77.0 Å². The second kappa shape index (κ2) is 9.01. The summed E-state index contributed by atoms with van der Waals surface area (Å²) in [4.78, 5) is 16.6. The number of nitrogens with one attached hydrogen (secondary N) is 1. The normalized spacial score (nSPS) is 11.0. The standard InChI is InChI=1S/C18H19FN4O2S2/c1-3-11(4-2)17-22-23-18(27-17)21-16(24)14-10-26-15(20-14)9-25-13-7-5-12(19)6-8-13/h5-8,10-11H,3-4,9H2,1-2H3,(H,21,23,24). The Labute approximate surface area is 164 Å². The van der Waals surface area contributed by atoms with Crippen LogP contribution in [0.5, 0.6) is 5.75 Å². The number of aromatic nitrogens is 3. The number of nitrogens with zero attached hydrogens (tertiary/aromatic N) is 3. The van der Waals surface area contributed by atoms with Gasteiger partial charge in [-0.25, -0.2) is 9.37 Å². The van der Waals surface area contributed by atoms with Crippen LogP contribution in [0.2, 0.25) is 0 Å². The molecular weight excluding hydrogens is 387 g/mol. The maximum atomic E-state index is 12.9. The van der Waals surface area contributed by atoms with Crippen LogP contribution in [-0.2, 0) is 6.61 Å². The zero-order valence-corrected chi connectivity index (χ0v) is 16.6. The van der Waals surface area contributed by atoms with Gasteiger partial charge in [-0.15, -0.1) is 21.5 Å². The molecule has 0 bridgehead atoms. The van der Waals surface area contributed by atoms with E-state index >= 15 is 0 Å². The maximum Gasteiger partial charge on any atom is 0.276 e. The number of thiazole rings is 1. The summed E-state index contributed by atoms with van der Waals surface area (Å²) >= 11 is 2.72. The first-order valence-electron chi connectivity index (χ1n) is 8.56. The van der Waals surface area contributed by atoms with Crippen LogP contribution < -0.4 is 10.1 Å². The molecule has 3 aromatic rings. The van der Waals surface area contributed by atoms with Crippen molar-refractivity contribution in [1.82, 2.24) is 15.2 Å². The molecule has 1 N–H and O–H groups in total. The summed E-state index contributed by atoms with van der Waals surface area (Å²) in [5, 5.41) is 14.7. The minimum Gasteiger partial charge on any atom is -0.486 e. The Morgan fingerprint density at radius 3 is 2.67 bits per heavy atom. The van der Waals surface area contributed by atoms with Crippen molar-refractivity contribution in [2.45, 2.75) is 39.2 Å². The monoisotopic (exact) mass is 406 g/mol. The van der Waals surface area contributed by atoms with E-state index < -0.39 is 0 Å². The predicted molar refractivity (Wildman–Crippen MR) is 104 cm³/mol. The Morgan fingerprint density at radius 2 is 1.96 bits per heavy atom. The number of rotatable bonds is 8. The van der Waals surface area contributed by atoms with Gasteiger partial charge in [-0.05, 0) is 37.1 Å². The van der Waals surface area contributed by atoms with Crippen LogP contribution in [0.3, 0.4) is 0 Å². The number of ether oxygens (including phenoxy) is 1. The largest absolute Gasteiger partial charge is 0.486 e. The highest BCUT2D eigenvalue weighted by Crippen LogP contribution is 2.28. The molecule has 0 aliphatic carbocycles. The van der Waals surface area contributed by atoms with Gasteiger partial charge in [0.05, 0.1) is 0 Å². The van der Waals surface area contributed by atoms with Crippen molar-refractivity contribution < 1.29 is 13.9 Å². The minimum atomic E-state index is -0.327. The van der Waals surface area contributed by atoms with Gasteiger partial charge in [0.25, 0.3) is 5.91 Å². The lowest BCUT2D eigenvalue weighted by molar-refractivity contribution is 0.102. The molecule has 1 aromatic carbocycles. The van der Waals surface area contributed by atoms with Gasteiger partial charge in [-0.2, -0.15) is 0 Å². The molecule has 3 rings (SSSR count). The molecule has 2 heterocycles. The molecule has 0 atom stereocenters. The summed E-state index contributed by atoms with van der Waals surface area (Å²) in [5.74, 6) is 0.258. The molecule has 2 aromatic heterocycles. The van der Waals surface area contributed by atoms with E-state index in [1.165, 1.54) is 34.8 Å². The van der Waals surface area contributed by atoms with Gasteiger partial charge in [0.1, 0.15) is 33.9 Å². The second-order valence-corrected chi connectivity index (χ2v) is 7.73. The van der Waals surface area contributed by atoms with Crippen LogP contribution in [0.15, 0.2) is 29.6 Å². The smallest absolute Gasteiger partial charge is 0.276 e. The van der Waals surface area contributed by atoms with Crippen molar-refractivity contribution in [1.29, 1.82) is 0 Å². The minimum absolute atomic E-state index is 0.210. The molecule has 0 saturated heterocycles. The first-order chi connectivity index (χ1) is 13.1. The van der Waals surface area contributed by atoms with Gasteiger partial charge in [0.15, 0.2) is 0 Å². The predicted octanol–water partition coefficient (Wildman–Crippen LogP) is 4.87. The van der Waals surface area contributed by atoms with Crippen molar-refractivity contribution in [3.63, 3.8) is 0 Å². The molecule has 0 fully saturated rings. The maximum absolute atomic E-state index is 12.9. The van der Waals surface area contributed by atoms with E-state index in [0.29, 0.717) is 27.5 Å². The van der Waals surface area contributed by atoms with Crippen molar-refractivity contribution in [3.8, 4) is 5.75 Å². The van der Waals surface area contributed by atoms with E-state index in [0.717, 1.165) is 17.8 Å². The van der Waals surface area contributed by atoms with Gasteiger partial charge in [0, 0.05) is 11.3 Å². The molecule has 9 heteroatoms. The van der Waals surface area contributed by atoms with Crippen molar-refractivity contribution >= 4 is 33.7 Å². The van der Waals surface area contributed by atoms with Gasteiger partial charge in [-0.1, -0.05) is 25.2 Å². The van der Waals surface area contributed by atoms with E-state index in [4.69, 9.17) is 4.74 Å². The first kappa shape index (κ1) is 19.4. The average Bonchev–Trinajstić information content (AvgIpc) is 3.32. The molecule has 27 heavy (non-hydrogen) atoms. The zero-order valence-electron chi connectivity index (χ0n) is 14.9. The number of amides is 1. The highest BCUT2D eigenvalue weighted by molar-refractivity contribution is 7.15. The molecule has 142 valence electrons. The van der Waals surface area contributed by atoms with Crippen molar-refractivity contribution in [3.05, 3.63) is 51.2 Å². The fraction of sp³-hybridized carbons (Fsp3) is 0.333. The Bertz CT molecular complexity index is 891. The van der Waals surface area contributed by atoms with Gasteiger partial charge in [0.2, 0.25) is 5.13 Å². The third kappa shape index (κ3) is 5.08. The fourth-order valence-corrected chi connectivity index (χ4v) is 4.10. The number of carbonyl (C=O) groups excluding carboxylic acids is 1. The molecule has 0 aliphatic rings. The lowest BCUT2D eigenvalue weighted by Crippen LogP contribution is -2.12. The SMILES string of the molecule is CCC(CC)c1nnc(NC(=O)c2csc(COc3ccc(F)cc3)n2)s1. The van der Waals surface area contributed by atoms with Crippen LogP contribution in [0.1, 0.15) is 53.1 Å². The molecule has 0 unspecified atom stereocenters. The molecule has 6 nitrogen and oxygen atoms in total. The molecule has 1 amide bonds. The lowest BCUT2D eigenvalue weighted by Gasteiger charge is -2.05. The third-order valence-electron chi connectivity index (χ3n) is 3.96. The summed E-state index contributed by atoms with van der Waals surface area (Å²) in [6, 6.07) is 5.75. The molecule has 0 aliphatic heterocycles. The van der Waals surface area contributed by atoms with Crippen LogP contribution in [0, 0.1) is 5.82 Å². The summed E-state index contributed by atoms with van der Waals surface area (Å²) in [6.45, 7) is 4.43. The highest BCUT2D eigenvalue weighted by atomic mass is 32.1. The summed E-state index contributed by atoms with van der Waals surface area (Å²) in [7, 11) is 0. The quantitative estimate of drug-likeness (QED) is 0.578. The summed E-state index contributed by atoms with van der Waals surface area (Å²) in [6.07, 6.45) is 1.98. The van der Waals surface area contributed by atoms with E-state index in [1.54, 1.807) is 17.5 Å². The number of hydrogen-bond donors (Lipinski definition) is 1. The summed E-state index contributed by atoms with van der Waals surface area (Å²) < 4.78 is 18.4. The third-order valence-corrected chi connectivity index (χ3v) is 5.78. The van der Waals surface area contributed by atoms with Crippen LogP contribution in [0.4, 0.5) is 9.52 Å². The first-order valence-corrected chi connectivity index (χ1v) is 10.3. The number of halogens is 1. The number of carbonyl (C=O) groups is 1. The van der Waals surface area contributed by atoms with Crippen LogP contribution in [0.25, 0.3) is 0 Å². The van der Waals surface area contributed by atoms with Crippen LogP contribution in [-0.4, -0.2) is 21.1 Å². The Hall–Kier alpha value is -2.39. The molecule has 0 spiro atoms. The lowest BCUT2D eigenvalue weighted by atomic mass is 10.1. The summed E-state index contributed by atoms with van der Waals surface area (Å²) in [5.41, 5.74) is 0.303. The fourth-order valence-electron chi connectivity index (χ4n) is 2.41. The molecular formula is C18H19FN4O2S2. The number of anilines is 1. The highest BCUT2D eigenvalue weighted by Gasteiger charge is 2.17. The Balaban J connectivity index is 1.57. The molecule has 0 radical (unpaired) electrons. The number of benzene rings is 1. The van der Waals surface area contributed by atoms with E-state index in [2.05, 4.69) is 34.3 Å². The van der Waals surface area contributed by atoms with Crippen molar-refractivity contribution in [2.75, 3.05) is 5.32 Å². The second-order valence-electron chi connectivity index (χ2n) is 5.78.